The van der Waals surface area contributed by atoms with Gasteiger partial charge in [-0.1, -0.05) is 32.9 Å². The number of carbonyl (C=O) groups is 2. The lowest BCUT2D eigenvalue weighted by molar-refractivity contribution is -0.114. The Morgan fingerprint density at radius 1 is 1.06 bits per heavy atom. The van der Waals surface area contributed by atoms with Crippen molar-refractivity contribution in [1.82, 2.24) is 4.90 Å². The van der Waals surface area contributed by atoms with Crippen LogP contribution in [0.1, 0.15) is 50.4 Å². The van der Waals surface area contributed by atoms with Crippen LogP contribution in [0.15, 0.2) is 48.5 Å². The van der Waals surface area contributed by atoms with E-state index in [2.05, 4.69) is 31.4 Å². The van der Waals surface area contributed by atoms with E-state index in [9.17, 15) is 9.59 Å². The van der Waals surface area contributed by atoms with Crippen LogP contribution < -0.4 is 15.4 Å². The third-order valence-electron chi connectivity index (χ3n) is 5.72. The monoisotopic (exact) mass is 437 g/mol. The largest absolute Gasteiger partial charge is 0.494 e. The smallest absolute Gasteiger partial charge is 0.253 e. The molecule has 3 rings (SSSR count). The molecule has 2 aromatic carbocycles. The number of carbonyl (C=O) groups excluding carboxylic acids is 2. The van der Waals surface area contributed by atoms with Gasteiger partial charge in [-0.3, -0.25) is 9.59 Å². The third-order valence-corrected chi connectivity index (χ3v) is 5.72. The van der Waals surface area contributed by atoms with Crippen LogP contribution in [0, 0.1) is 11.8 Å². The number of likely N-dealkylation sites (tertiary alicyclic amines) is 1. The van der Waals surface area contributed by atoms with Crippen LogP contribution in [0.3, 0.4) is 0 Å². The topological polar surface area (TPSA) is 70.7 Å². The standard InChI is InChI=1S/C26H35N3O3/c1-19(2)12-15-32-24-9-5-7-22(17-24)27-18-25(30)28-23-8-4-6-21(16-23)26(31)29-13-10-20(3)11-14-29/h4-9,16-17,19-20,27H,10-15,18H2,1-3H3,(H,28,30). The normalized spacial score (nSPS) is 14.3. The molecule has 6 heteroatoms. The fraction of sp³-hybridized carbons (Fsp3) is 0.462. The molecule has 0 bridgehead atoms. The van der Waals surface area contributed by atoms with Crippen molar-refractivity contribution in [2.45, 2.75) is 40.0 Å². The molecule has 32 heavy (non-hydrogen) atoms. The van der Waals surface area contributed by atoms with Gasteiger partial charge in [0.15, 0.2) is 0 Å². The average molecular weight is 438 g/mol. The zero-order valence-corrected chi connectivity index (χ0v) is 19.4. The summed E-state index contributed by atoms with van der Waals surface area (Å²) >= 11 is 0. The van der Waals surface area contributed by atoms with Gasteiger partial charge in [0.2, 0.25) is 5.91 Å². The van der Waals surface area contributed by atoms with E-state index >= 15 is 0 Å². The molecule has 0 aromatic heterocycles. The zero-order valence-electron chi connectivity index (χ0n) is 19.4. The van der Waals surface area contributed by atoms with E-state index in [0.29, 0.717) is 29.7 Å². The summed E-state index contributed by atoms with van der Waals surface area (Å²) in [5, 5.41) is 6.01. The van der Waals surface area contributed by atoms with E-state index < -0.39 is 0 Å². The second-order valence-electron chi connectivity index (χ2n) is 9.02. The summed E-state index contributed by atoms with van der Waals surface area (Å²) in [6.07, 6.45) is 3.08. The lowest BCUT2D eigenvalue weighted by Gasteiger charge is -2.30. The first-order chi connectivity index (χ1) is 15.4. The van der Waals surface area contributed by atoms with Crippen LogP contribution in [0.5, 0.6) is 5.75 Å². The Morgan fingerprint density at radius 2 is 1.78 bits per heavy atom. The van der Waals surface area contributed by atoms with E-state index in [4.69, 9.17) is 4.74 Å². The highest BCUT2D eigenvalue weighted by Gasteiger charge is 2.21. The molecule has 1 heterocycles. The molecule has 0 spiro atoms. The van der Waals surface area contributed by atoms with Crippen molar-refractivity contribution in [3.05, 3.63) is 54.1 Å². The van der Waals surface area contributed by atoms with Gasteiger partial charge in [-0.2, -0.15) is 0 Å². The molecule has 6 nitrogen and oxygen atoms in total. The minimum absolute atomic E-state index is 0.0282. The van der Waals surface area contributed by atoms with Gasteiger partial charge in [-0.15, -0.1) is 0 Å². The predicted molar refractivity (Wildman–Crippen MR) is 129 cm³/mol. The van der Waals surface area contributed by atoms with Gasteiger partial charge >= 0.3 is 0 Å². The highest BCUT2D eigenvalue weighted by atomic mass is 16.5. The summed E-state index contributed by atoms with van der Waals surface area (Å²) < 4.78 is 5.77. The van der Waals surface area contributed by atoms with Gasteiger partial charge in [-0.25, -0.2) is 0 Å². The molecule has 0 saturated carbocycles. The molecule has 0 unspecified atom stereocenters. The van der Waals surface area contributed by atoms with Gasteiger partial charge in [0.25, 0.3) is 5.91 Å². The number of hydrogen-bond acceptors (Lipinski definition) is 4. The third kappa shape index (κ3) is 7.29. The Labute approximate surface area is 191 Å². The first-order valence-electron chi connectivity index (χ1n) is 11.6. The van der Waals surface area contributed by atoms with Crippen LogP contribution in [0.4, 0.5) is 11.4 Å². The SMILES string of the molecule is CC(C)CCOc1cccc(NCC(=O)Nc2cccc(C(=O)N3CCC(C)CC3)c2)c1. The minimum atomic E-state index is -0.174. The number of ether oxygens (including phenoxy) is 1. The van der Waals surface area contributed by atoms with Crippen molar-refractivity contribution in [2.75, 3.05) is 36.9 Å². The van der Waals surface area contributed by atoms with E-state index in [1.54, 1.807) is 24.3 Å². The van der Waals surface area contributed by atoms with Crippen LogP contribution in [-0.2, 0) is 4.79 Å². The first-order valence-corrected chi connectivity index (χ1v) is 11.6. The Kier molecular flexibility index (Phi) is 8.54. The highest BCUT2D eigenvalue weighted by molar-refractivity contribution is 5.98. The van der Waals surface area contributed by atoms with Gasteiger partial charge < -0.3 is 20.3 Å². The molecule has 172 valence electrons. The maximum Gasteiger partial charge on any atom is 0.253 e. The molecular weight excluding hydrogens is 402 g/mol. The number of nitrogens with one attached hydrogen (secondary N) is 2. The highest BCUT2D eigenvalue weighted by Crippen LogP contribution is 2.20. The number of nitrogens with zero attached hydrogens (tertiary/aromatic N) is 1. The van der Waals surface area contributed by atoms with Crippen molar-refractivity contribution >= 4 is 23.2 Å². The van der Waals surface area contributed by atoms with E-state index in [0.717, 1.165) is 43.8 Å². The lowest BCUT2D eigenvalue weighted by atomic mass is 9.98. The Morgan fingerprint density at radius 3 is 2.53 bits per heavy atom. The Bertz CT molecular complexity index is 905. The summed E-state index contributed by atoms with van der Waals surface area (Å²) in [5.74, 6) is 1.91. The fourth-order valence-corrected chi connectivity index (χ4v) is 3.62. The number of amides is 2. The lowest BCUT2D eigenvalue weighted by Crippen LogP contribution is -2.37. The van der Waals surface area contributed by atoms with Crippen LogP contribution >= 0.6 is 0 Å². The molecule has 1 saturated heterocycles. The van der Waals surface area contributed by atoms with Crippen molar-refractivity contribution in [3.8, 4) is 5.75 Å². The Balaban J connectivity index is 1.50. The molecule has 0 aliphatic carbocycles. The van der Waals surface area contributed by atoms with Crippen molar-refractivity contribution < 1.29 is 14.3 Å². The number of piperidine rings is 1. The molecule has 0 atom stereocenters. The quantitative estimate of drug-likeness (QED) is 0.577. The maximum absolute atomic E-state index is 12.8. The molecule has 1 aliphatic rings. The summed E-state index contributed by atoms with van der Waals surface area (Å²) in [6, 6.07) is 14.8. The number of benzene rings is 2. The molecule has 2 amide bonds. The van der Waals surface area contributed by atoms with Gasteiger partial charge in [-0.05, 0) is 61.4 Å². The molecule has 2 N–H and O–H groups in total. The molecule has 1 fully saturated rings. The fourth-order valence-electron chi connectivity index (χ4n) is 3.62. The van der Waals surface area contributed by atoms with Gasteiger partial charge in [0, 0.05) is 36.1 Å². The summed E-state index contributed by atoms with van der Waals surface area (Å²) in [6.45, 7) is 8.94. The van der Waals surface area contributed by atoms with Crippen molar-refractivity contribution in [1.29, 1.82) is 0 Å². The van der Waals surface area contributed by atoms with Gasteiger partial charge in [0.05, 0.1) is 13.2 Å². The van der Waals surface area contributed by atoms with Crippen LogP contribution in [-0.4, -0.2) is 43.0 Å². The predicted octanol–water partition coefficient (Wildman–Crippen LogP) is 5.03. The van der Waals surface area contributed by atoms with E-state index in [1.165, 1.54) is 0 Å². The number of anilines is 2. The Hall–Kier alpha value is -3.02. The van der Waals surface area contributed by atoms with Crippen molar-refractivity contribution in [3.63, 3.8) is 0 Å². The number of rotatable bonds is 9. The average Bonchev–Trinajstić information content (AvgIpc) is 2.78. The first kappa shape index (κ1) is 23.6. The summed E-state index contributed by atoms with van der Waals surface area (Å²) in [4.78, 5) is 27.1. The second-order valence-corrected chi connectivity index (χ2v) is 9.02. The van der Waals surface area contributed by atoms with E-state index in [-0.39, 0.29) is 18.4 Å². The molecule has 1 aliphatic heterocycles. The van der Waals surface area contributed by atoms with Crippen LogP contribution in [0.2, 0.25) is 0 Å². The second kappa shape index (κ2) is 11.6. The molecule has 0 radical (unpaired) electrons. The summed E-state index contributed by atoms with van der Waals surface area (Å²) in [5.41, 5.74) is 2.06. The summed E-state index contributed by atoms with van der Waals surface area (Å²) in [7, 11) is 0. The molecular formula is C26H35N3O3. The number of hydrogen-bond donors (Lipinski definition) is 2. The van der Waals surface area contributed by atoms with Gasteiger partial charge in [0.1, 0.15) is 5.75 Å². The van der Waals surface area contributed by atoms with Crippen LogP contribution in [0.25, 0.3) is 0 Å². The zero-order chi connectivity index (χ0) is 22.9. The van der Waals surface area contributed by atoms with E-state index in [1.807, 2.05) is 29.2 Å². The minimum Gasteiger partial charge on any atom is -0.494 e. The van der Waals surface area contributed by atoms with Crippen molar-refractivity contribution in [2.24, 2.45) is 11.8 Å². The molecule has 2 aromatic rings. The maximum atomic E-state index is 12.8.